The molecule has 1 aromatic heterocycles. The molecule has 0 aliphatic rings. The largest absolute Gasteiger partial charge is 0.496 e. The van der Waals surface area contributed by atoms with E-state index in [2.05, 4.69) is 15.5 Å². The first-order chi connectivity index (χ1) is 10.0. The fraction of sp³-hybridized carbons (Fsp3) is 0.154. The van der Waals surface area contributed by atoms with Crippen molar-refractivity contribution < 1.29 is 9.53 Å². The number of ether oxygens (including phenoxy) is 1. The third-order valence-electron chi connectivity index (χ3n) is 2.69. The third kappa shape index (κ3) is 3.75. The van der Waals surface area contributed by atoms with Crippen LogP contribution in [0.1, 0.15) is 15.9 Å². The molecule has 0 aliphatic carbocycles. The Labute approximate surface area is 136 Å². The standard InChI is InChI=1S/C13H10Cl3N3O2/c1-21-10-4-2-3-9(14)8(10)6-17-13(20)7-5-11(15)18-19-12(7)16/h2-5H,6H2,1H3,(H,17,20). The summed E-state index contributed by atoms with van der Waals surface area (Å²) in [4.78, 5) is 12.1. The van der Waals surface area contributed by atoms with Crippen LogP contribution in [0.3, 0.4) is 0 Å². The second kappa shape index (κ2) is 6.93. The normalized spacial score (nSPS) is 10.3. The minimum atomic E-state index is -0.432. The average molecular weight is 347 g/mol. The number of hydrogen-bond acceptors (Lipinski definition) is 4. The highest BCUT2D eigenvalue weighted by atomic mass is 35.5. The summed E-state index contributed by atoms with van der Waals surface area (Å²) < 4.78 is 5.20. The molecule has 2 rings (SSSR count). The van der Waals surface area contributed by atoms with E-state index >= 15 is 0 Å². The number of carbonyl (C=O) groups is 1. The molecule has 2 aromatic rings. The Hall–Kier alpha value is -1.56. The molecule has 0 saturated carbocycles. The Morgan fingerprint density at radius 2 is 2.05 bits per heavy atom. The SMILES string of the molecule is COc1cccc(Cl)c1CNC(=O)c1cc(Cl)nnc1Cl. The van der Waals surface area contributed by atoms with Gasteiger partial charge in [-0.25, -0.2) is 0 Å². The zero-order chi connectivity index (χ0) is 15.4. The molecule has 1 aromatic carbocycles. The Morgan fingerprint density at radius 3 is 2.76 bits per heavy atom. The van der Waals surface area contributed by atoms with E-state index in [1.165, 1.54) is 13.2 Å². The van der Waals surface area contributed by atoms with Gasteiger partial charge in [-0.2, -0.15) is 0 Å². The van der Waals surface area contributed by atoms with Crippen molar-refractivity contribution in [3.63, 3.8) is 0 Å². The Kier molecular flexibility index (Phi) is 5.22. The summed E-state index contributed by atoms with van der Waals surface area (Å²) >= 11 is 17.6. The lowest BCUT2D eigenvalue weighted by molar-refractivity contribution is 0.0950. The lowest BCUT2D eigenvalue weighted by Crippen LogP contribution is -2.24. The van der Waals surface area contributed by atoms with Crippen molar-refractivity contribution in [2.75, 3.05) is 7.11 Å². The zero-order valence-corrected chi connectivity index (χ0v) is 13.1. The second-order valence-corrected chi connectivity index (χ2v) is 5.13. The van der Waals surface area contributed by atoms with E-state index in [1.54, 1.807) is 18.2 Å². The molecule has 8 heteroatoms. The number of rotatable bonds is 4. The summed E-state index contributed by atoms with van der Waals surface area (Å²) in [5.41, 5.74) is 0.807. The molecule has 0 fully saturated rings. The van der Waals surface area contributed by atoms with Crippen molar-refractivity contribution in [3.8, 4) is 5.75 Å². The van der Waals surface area contributed by atoms with Gasteiger partial charge in [0.2, 0.25) is 0 Å². The van der Waals surface area contributed by atoms with Crippen LogP contribution in [0.25, 0.3) is 0 Å². The molecule has 1 amide bonds. The van der Waals surface area contributed by atoms with Gasteiger partial charge in [0.15, 0.2) is 10.3 Å². The summed E-state index contributed by atoms with van der Waals surface area (Å²) in [5, 5.41) is 10.4. The molecule has 0 bridgehead atoms. The molecule has 0 unspecified atom stereocenters. The van der Waals surface area contributed by atoms with Crippen molar-refractivity contribution in [2.45, 2.75) is 6.54 Å². The highest BCUT2D eigenvalue weighted by molar-refractivity contribution is 6.34. The maximum Gasteiger partial charge on any atom is 0.254 e. The number of benzene rings is 1. The predicted octanol–water partition coefficient (Wildman–Crippen LogP) is 3.38. The molecule has 1 heterocycles. The number of nitrogens with zero attached hydrogens (tertiary/aromatic N) is 2. The van der Waals surface area contributed by atoms with Gasteiger partial charge in [0.25, 0.3) is 5.91 Å². The number of amides is 1. The number of carbonyl (C=O) groups excluding carboxylic acids is 1. The highest BCUT2D eigenvalue weighted by Crippen LogP contribution is 2.26. The van der Waals surface area contributed by atoms with Crippen molar-refractivity contribution in [1.82, 2.24) is 15.5 Å². The molecule has 5 nitrogen and oxygen atoms in total. The van der Waals surface area contributed by atoms with Gasteiger partial charge >= 0.3 is 0 Å². The maximum atomic E-state index is 12.1. The highest BCUT2D eigenvalue weighted by Gasteiger charge is 2.15. The first kappa shape index (κ1) is 15.8. The molecule has 0 radical (unpaired) electrons. The first-order valence-corrected chi connectivity index (χ1v) is 6.94. The quantitative estimate of drug-likeness (QED) is 0.922. The zero-order valence-electron chi connectivity index (χ0n) is 10.9. The molecular weight excluding hydrogens is 337 g/mol. The number of nitrogens with one attached hydrogen (secondary N) is 1. The minimum Gasteiger partial charge on any atom is -0.496 e. The van der Waals surface area contributed by atoms with Crippen LogP contribution in [0, 0.1) is 0 Å². The number of hydrogen-bond donors (Lipinski definition) is 1. The third-order valence-corrected chi connectivity index (χ3v) is 3.50. The van der Waals surface area contributed by atoms with E-state index in [0.29, 0.717) is 16.3 Å². The van der Waals surface area contributed by atoms with E-state index in [0.717, 1.165) is 0 Å². The molecule has 0 atom stereocenters. The minimum absolute atomic E-state index is 0.0250. The smallest absolute Gasteiger partial charge is 0.254 e. The van der Waals surface area contributed by atoms with Gasteiger partial charge in [-0.3, -0.25) is 4.79 Å². The van der Waals surface area contributed by atoms with Crippen molar-refractivity contribution in [3.05, 3.63) is 50.7 Å². The van der Waals surface area contributed by atoms with Gasteiger partial charge in [-0.15, -0.1) is 10.2 Å². The number of halogens is 3. The Bertz CT molecular complexity index is 680. The number of methoxy groups -OCH3 is 1. The van der Waals surface area contributed by atoms with E-state index in [1.807, 2.05) is 0 Å². The summed E-state index contributed by atoms with van der Waals surface area (Å²) in [6.07, 6.45) is 0. The molecule has 0 spiro atoms. The summed E-state index contributed by atoms with van der Waals surface area (Å²) in [7, 11) is 1.53. The molecule has 0 saturated heterocycles. The van der Waals surface area contributed by atoms with Crippen molar-refractivity contribution >= 4 is 40.7 Å². The van der Waals surface area contributed by atoms with E-state index in [9.17, 15) is 4.79 Å². The van der Waals surface area contributed by atoms with Crippen LogP contribution in [-0.4, -0.2) is 23.2 Å². The maximum absolute atomic E-state index is 12.1. The summed E-state index contributed by atoms with van der Waals surface area (Å²) in [6.45, 7) is 0.179. The van der Waals surface area contributed by atoms with Crippen LogP contribution in [0.15, 0.2) is 24.3 Å². The van der Waals surface area contributed by atoms with Crippen LogP contribution in [0.4, 0.5) is 0 Å². The molecule has 0 aliphatic heterocycles. The molecule has 1 N–H and O–H groups in total. The van der Waals surface area contributed by atoms with E-state index in [-0.39, 0.29) is 22.4 Å². The number of aromatic nitrogens is 2. The van der Waals surface area contributed by atoms with Gasteiger partial charge in [0.1, 0.15) is 5.75 Å². The van der Waals surface area contributed by atoms with Gasteiger partial charge in [0, 0.05) is 17.1 Å². The first-order valence-electron chi connectivity index (χ1n) is 5.81. The van der Waals surface area contributed by atoms with E-state index in [4.69, 9.17) is 39.5 Å². The fourth-order valence-corrected chi connectivity index (χ4v) is 2.24. The average Bonchev–Trinajstić information content (AvgIpc) is 2.47. The Morgan fingerprint density at radius 1 is 1.29 bits per heavy atom. The second-order valence-electron chi connectivity index (χ2n) is 3.97. The lowest BCUT2D eigenvalue weighted by atomic mass is 10.2. The van der Waals surface area contributed by atoms with Crippen molar-refractivity contribution in [1.29, 1.82) is 0 Å². The van der Waals surface area contributed by atoms with Crippen LogP contribution in [-0.2, 0) is 6.54 Å². The fourth-order valence-electron chi connectivity index (χ4n) is 1.68. The van der Waals surface area contributed by atoms with Gasteiger partial charge in [-0.1, -0.05) is 40.9 Å². The van der Waals surface area contributed by atoms with Crippen LogP contribution in [0.2, 0.25) is 15.3 Å². The molecule has 110 valence electrons. The molecular formula is C13H10Cl3N3O2. The lowest BCUT2D eigenvalue weighted by Gasteiger charge is -2.11. The summed E-state index contributed by atoms with van der Waals surface area (Å²) in [5.74, 6) is 0.151. The van der Waals surface area contributed by atoms with Crippen LogP contribution in [0.5, 0.6) is 5.75 Å². The van der Waals surface area contributed by atoms with Crippen LogP contribution >= 0.6 is 34.8 Å². The monoisotopic (exact) mass is 345 g/mol. The Balaban J connectivity index is 2.17. The van der Waals surface area contributed by atoms with Gasteiger partial charge in [0.05, 0.1) is 12.7 Å². The molecule has 21 heavy (non-hydrogen) atoms. The van der Waals surface area contributed by atoms with Gasteiger partial charge in [-0.05, 0) is 18.2 Å². The van der Waals surface area contributed by atoms with Crippen LogP contribution < -0.4 is 10.1 Å². The summed E-state index contributed by atoms with van der Waals surface area (Å²) in [6, 6.07) is 6.57. The predicted molar refractivity (Wildman–Crippen MR) is 81.2 cm³/mol. The topological polar surface area (TPSA) is 64.1 Å². The van der Waals surface area contributed by atoms with Gasteiger partial charge < -0.3 is 10.1 Å². The van der Waals surface area contributed by atoms with Crippen molar-refractivity contribution in [2.24, 2.45) is 0 Å². The van der Waals surface area contributed by atoms with E-state index < -0.39 is 5.91 Å².